The molecule has 0 fully saturated rings. The van der Waals surface area contributed by atoms with Gasteiger partial charge < -0.3 is 31.3 Å². The quantitative estimate of drug-likeness (QED) is 0.329. The average Bonchev–Trinajstić information content (AvgIpc) is 2.73. The van der Waals surface area contributed by atoms with Crippen molar-refractivity contribution in [2.45, 2.75) is 54.0 Å². The van der Waals surface area contributed by atoms with E-state index in [2.05, 4.69) is 6.07 Å². The van der Waals surface area contributed by atoms with Crippen molar-refractivity contribution in [3.8, 4) is 5.75 Å². The first kappa shape index (κ1) is 27.2. The predicted molar refractivity (Wildman–Crippen MR) is 122 cm³/mol. The van der Waals surface area contributed by atoms with Crippen molar-refractivity contribution in [2.24, 2.45) is 0 Å². The van der Waals surface area contributed by atoms with E-state index in [0.29, 0.717) is 52.1 Å². The van der Waals surface area contributed by atoms with Crippen LogP contribution in [0, 0.1) is 0 Å². The zero-order valence-electron chi connectivity index (χ0n) is 19.7. The number of benzene rings is 1. The molecule has 1 rings (SSSR count). The van der Waals surface area contributed by atoms with E-state index in [9.17, 15) is 0 Å². The molecule has 0 aliphatic carbocycles. The van der Waals surface area contributed by atoms with E-state index in [1.54, 1.807) is 7.11 Å². The lowest BCUT2D eigenvalue weighted by molar-refractivity contribution is 0.0714. The summed E-state index contributed by atoms with van der Waals surface area (Å²) in [6.45, 7) is 15.0. The molecule has 1 aromatic rings. The van der Waals surface area contributed by atoms with Gasteiger partial charge in [0.1, 0.15) is 5.75 Å². The van der Waals surface area contributed by atoms with E-state index in [1.165, 1.54) is 0 Å². The van der Waals surface area contributed by atoms with Gasteiger partial charge in [-0.1, -0.05) is 6.07 Å². The number of hydrogen-bond acceptors (Lipinski definition) is 7. The Labute approximate surface area is 184 Å². The van der Waals surface area contributed by atoms with E-state index in [4.69, 9.17) is 31.3 Å². The Morgan fingerprint density at radius 2 is 1.13 bits per heavy atom. The Kier molecular flexibility index (Phi) is 13.0. The van der Waals surface area contributed by atoms with Gasteiger partial charge in [0.15, 0.2) is 0 Å². The standard InChI is InChI=1S/C21H40O7Si2/c1-8-23-29(24-9-2,25-10-3)17-16-19-18-20(14-15-21(19)22-7)30(26-11-4,27-12-5)28-13-6/h14-15,18H,8-13,16-17H2,1-7H3. The lowest BCUT2D eigenvalue weighted by atomic mass is 10.1. The third kappa shape index (κ3) is 7.42. The number of aryl methyl sites for hydroxylation is 1. The van der Waals surface area contributed by atoms with Gasteiger partial charge in [0.2, 0.25) is 0 Å². The lowest BCUT2D eigenvalue weighted by Crippen LogP contribution is -2.57. The highest BCUT2D eigenvalue weighted by Crippen LogP contribution is 2.25. The van der Waals surface area contributed by atoms with Crippen LogP contribution in [0.4, 0.5) is 0 Å². The second kappa shape index (κ2) is 14.3. The van der Waals surface area contributed by atoms with Crippen molar-refractivity contribution in [3.63, 3.8) is 0 Å². The van der Waals surface area contributed by atoms with Crippen molar-refractivity contribution in [1.82, 2.24) is 0 Å². The first-order chi connectivity index (χ1) is 14.5. The molecule has 30 heavy (non-hydrogen) atoms. The fourth-order valence-corrected chi connectivity index (χ4v) is 8.51. The highest BCUT2D eigenvalue weighted by atomic mass is 28.4. The van der Waals surface area contributed by atoms with Crippen LogP contribution in [0.3, 0.4) is 0 Å². The van der Waals surface area contributed by atoms with Crippen LogP contribution in [0.5, 0.6) is 5.75 Å². The molecule has 0 aliphatic rings. The molecule has 0 aliphatic heterocycles. The summed E-state index contributed by atoms with van der Waals surface area (Å²) in [5, 5.41) is 0.931. The van der Waals surface area contributed by atoms with Crippen LogP contribution in [-0.4, -0.2) is 64.4 Å². The highest BCUT2D eigenvalue weighted by molar-refractivity contribution is 6.75. The molecule has 0 N–H and O–H groups in total. The van der Waals surface area contributed by atoms with E-state index in [-0.39, 0.29) is 0 Å². The third-order valence-electron chi connectivity index (χ3n) is 4.43. The monoisotopic (exact) mass is 460 g/mol. The van der Waals surface area contributed by atoms with Crippen molar-refractivity contribution >= 4 is 22.8 Å². The van der Waals surface area contributed by atoms with Crippen LogP contribution < -0.4 is 9.92 Å². The van der Waals surface area contributed by atoms with Crippen LogP contribution >= 0.6 is 0 Å². The minimum atomic E-state index is -3.00. The van der Waals surface area contributed by atoms with Gasteiger partial charge >= 0.3 is 17.6 Å². The first-order valence-electron chi connectivity index (χ1n) is 11.0. The van der Waals surface area contributed by atoms with Crippen LogP contribution in [0.1, 0.15) is 47.1 Å². The van der Waals surface area contributed by atoms with Crippen molar-refractivity contribution in [1.29, 1.82) is 0 Å². The fraction of sp³-hybridized carbons (Fsp3) is 0.714. The summed E-state index contributed by atoms with van der Waals surface area (Å²) in [5.74, 6) is 0.804. The summed E-state index contributed by atoms with van der Waals surface area (Å²) in [4.78, 5) is 0. The Morgan fingerprint density at radius 3 is 1.53 bits per heavy atom. The molecule has 0 unspecified atom stereocenters. The highest BCUT2D eigenvalue weighted by Gasteiger charge is 2.44. The summed E-state index contributed by atoms with van der Waals surface area (Å²) in [6, 6.07) is 6.67. The smallest absolute Gasteiger partial charge is 0.496 e. The zero-order chi connectivity index (χ0) is 22.5. The van der Waals surface area contributed by atoms with Gasteiger partial charge in [-0.25, -0.2) is 0 Å². The molecule has 0 heterocycles. The molecule has 0 atom stereocenters. The summed E-state index contributed by atoms with van der Waals surface area (Å²) < 4.78 is 41.9. The largest absolute Gasteiger partial charge is 0.537 e. The molecule has 1 aromatic carbocycles. The third-order valence-corrected chi connectivity index (χ3v) is 10.5. The summed E-state index contributed by atoms with van der Waals surface area (Å²) >= 11 is 0. The Bertz CT molecular complexity index is 567. The van der Waals surface area contributed by atoms with Gasteiger partial charge in [0.05, 0.1) is 7.11 Å². The Hall–Kier alpha value is -0.786. The maximum Gasteiger partial charge on any atom is 0.537 e. The first-order valence-corrected chi connectivity index (χ1v) is 14.7. The molecule has 9 heteroatoms. The fourth-order valence-electron chi connectivity index (χ4n) is 3.40. The van der Waals surface area contributed by atoms with E-state index in [0.717, 1.165) is 16.5 Å². The van der Waals surface area contributed by atoms with Crippen molar-refractivity contribution in [3.05, 3.63) is 23.8 Å². The summed E-state index contributed by atoms with van der Waals surface area (Å²) in [7, 11) is -4.08. The van der Waals surface area contributed by atoms with Gasteiger partial charge in [0.25, 0.3) is 0 Å². The topological polar surface area (TPSA) is 64.6 Å². The molecule has 174 valence electrons. The van der Waals surface area contributed by atoms with Gasteiger partial charge in [-0.15, -0.1) is 0 Å². The van der Waals surface area contributed by atoms with Crippen molar-refractivity contribution in [2.75, 3.05) is 46.8 Å². The van der Waals surface area contributed by atoms with E-state index in [1.807, 2.05) is 53.7 Å². The molecule has 0 saturated carbocycles. The predicted octanol–water partition coefficient (Wildman–Crippen LogP) is 3.54. The summed E-state index contributed by atoms with van der Waals surface area (Å²) in [5.41, 5.74) is 1.03. The van der Waals surface area contributed by atoms with Gasteiger partial charge in [-0.05, 0) is 65.7 Å². The normalized spacial score (nSPS) is 12.4. The second-order valence-electron chi connectivity index (χ2n) is 6.36. The maximum atomic E-state index is 6.07. The van der Waals surface area contributed by atoms with Crippen LogP contribution in [0.25, 0.3) is 0 Å². The number of rotatable bonds is 17. The molecule has 0 amide bonds. The maximum absolute atomic E-state index is 6.07. The molecule has 0 bridgehead atoms. The molecule has 0 radical (unpaired) electrons. The van der Waals surface area contributed by atoms with Crippen LogP contribution in [-0.2, 0) is 33.0 Å². The Balaban J connectivity index is 3.28. The molecule has 0 spiro atoms. The van der Waals surface area contributed by atoms with Crippen LogP contribution in [0.2, 0.25) is 6.04 Å². The van der Waals surface area contributed by atoms with Gasteiger partial charge in [0, 0.05) is 50.9 Å². The van der Waals surface area contributed by atoms with Gasteiger partial charge in [-0.2, -0.15) is 0 Å². The van der Waals surface area contributed by atoms with Gasteiger partial charge in [-0.3, -0.25) is 0 Å². The average molecular weight is 461 g/mol. The lowest BCUT2D eigenvalue weighted by Gasteiger charge is -2.30. The SMILES string of the molecule is CCO[Si](CCc1cc([Si](OCC)(OCC)OCC)ccc1OC)(OCC)OCC. The molecular weight excluding hydrogens is 420 g/mol. The number of ether oxygens (including phenoxy) is 1. The zero-order valence-corrected chi connectivity index (χ0v) is 21.7. The number of methoxy groups -OCH3 is 1. The van der Waals surface area contributed by atoms with Crippen molar-refractivity contribution < 1.29 is 31.3 Å². The molecule has 0 saturated heterocycles. The Morgan fingerprint density at radius 1 is 0.667 bits per heavy atom. The second-order valence-corrected chi connectivity index (χ2v) is 11.7. The molecule has 7 nitrogen and oxygen atoms in total. The van der Waals surface area contributed by atoms with Crippen LogP contribution in [0.15, 0.2) is 18.2 Å². The van der Waals surface area contributed by atoms with E-state index < -0.39 is 17.6 Å². The number of hydrogen-bond donors (Lipinski definition) is 0. The minimum Gasteiger partial charge on any atom is -0.496 e. The molecular formula is C21H40O7Si2. The van der Waals surface area contributed by atoms with E-state index >= 15 is 0 Å². The minimum absolute atomic E-state index is 0.516. The molecule has 0 aromatic heterocycles. The summed E-state index contributed by atoms with van der Waals surface area (Å²) in [6.07, 6.45) is 0.693.